The molecule has 0 unspecified atom stereocenters. The van der Waals surface area contributed by atoms with Crippen molar-refractivity contribution in [2.75, 3.05) is 19.6 Å². The topological polar surface area (TPSA) is 63.0 Å². The molecule has 172 valence electrons. The molecule has 6 nitrogen and oxygen atoms in total. The molecule has 1 saturated heterocycles. The lowest BCUT2D eigenvalue weighted by Gasteiger charge is -2.26. The van der Waals surface area contributed by atoms with E-state index in [4.69, 9.17) is 0 Å². The van der Waals surface area contributed by atoms with Crippen LogP contribution in [-0.2, 0) is 19.4 Å². The lowest BCUT2D eigenvalue weighted by Crippen LogP contribution is -2.33. The number of aryl methyl sites for hydroxylation is 2. The van der Waals surface area contributed by atoms with E-state index in [-0.39, 0.29) is 11.2 Å². The Labute approximate surface area is 196 Å². The Bertz CT molecular complexity index is 1430. The minimum absolute atomic E-state index is 0.183. The predicted octanol–water partition coefficient (Wildman–Crippen LogP) is 4.45. The number of piperidine rings is 1. The van der Waals surface area contributed by atoms with Crippen LogP contribution in [0.3, 0.4) is 0 Å². The molecular formula is C26H30N4O2S. The highest BCUT2D eigenvalue weighted by molar-refractivity contribution is 7.18. The van der Waals surface area contributed by atoms with E-state index in [1.54, 1.807) is 11.3 Å². The Hall–Kier alpha value is -2.64. The van der Waals surface area contributed by atoms with Gasteiger partial charge in [0.1, 0.15) is 4.83 Å². The Morgan fingerprint density at radius 2 is 1.73 bits per heavy atom. The minimum atomic E-state index is -0.354. The van der Waals surface area contributed by atoms with Crippen LogP contribution in [0.5, 0.6) is 0 Å². The number of likely N-dealkylation sites (tertiary alicyclic amines) is 1. The summed E-state index contributed by atoms with van der Waals surface area (Å²) >= 11 is 1.59. The Morgan fingerprint density at radius 3 is 2.61 bits per heavy atom. The van der Waals surface area contributed by atoms with Crippen molar-refractivity contribution in [2.45, 2.75) is 57.9 Å². The van der Waals surface area contributed by atoms with E-state index in [2.05, 4.69) is 26.7 Å². The molecule has 1 aliphatic heterocycles. The fourth-order valence-corrected chi connectivity index (χ4v) is 6.87. The summed E-state index contributed by atoms with van der Waals surface area (Å²) in [5, 5.41) is 1.78. The highest BCUT2D eigenvalue weighted by Crippen LogP contribution is 2.32. The van der Waals surface area contributed by atoms with Gasteiger partial charge in [0.2, 0.25) is 0 Å². The maximum atomic E-state index is 13.6. The second kappa shape index (κ2) is 8.61. The van der Waals surface area contributed by atoms with Crippen molar-refractivity contribution >= 4 is 32.5 Å². The molecule has 4 aromatic rings. The van der Waals surface area contributed by atoms with E-state index < -0.39 is 0 Å². The van der Waals surface area contributed by atoms with Gasteiger partial charge in [-0.1, -0.05) is 12.8 Å². The zero-order valence-corrected chi connectivity index (χ0v) is 19.8. The largest absolute Gasteiger partial charge is 0.346 e. The molecular weight excluding hydrogens is 432 g/mol. The zero-order chi connectivity index (χ0) is 22.4. The second-order valence-electron chi connectivity index (χ2n) is 9.49. The van der Waals surface area contributed by atoms with E-state index in [0.717, 1.165) is 65.5 Å². The molecule has 3 aromatic heterocycles. The summed E-state index contributed by atoms with van der Waals surface area (Å²) in [5.41, 5.74) is 2.40. The normalized spacial score (nSPS) is 17.5. The van der Waals surface area contributed by atoms with Crippen molar-refractivity contribution in [1.29, 1.82) is 0 Å². The third-order valence-corrected chi connectivity index (χ3v) is 8.59. The summed E-state index contributed by atoms with van der Waals surface area (Å²) in [6, 6.07) is 8.02. The molecule has 0 amide bonds. The molecule has 0 radical (unpaired) electrons. The summed E-state index contributed by atoms with van der Waals surface area (Å²) in [6.45, 7) is 4.41. The van der Waals surface area contributed by atoms with Gasteiger partial charge < -0.3 is 9.47 Å². The summed E-state index contributed by atoms with van der Waals surface area (Å²) in [7, 11) is 0. The van der Waals surface area contributed by atoms with Crippen LogP contribution in [0.2, 0.25) is 0 Å². The number of thiophene rings is 1. The van der Waals surface area contributed by atoms with E-state index in [1.807, 2.05) is 18.2 Å². The molecule has 1 aliphatic carbocycles. The summed E-state index contributed by atoms with van der Waals surface area (Å²) in [5.74, 6) is 0. The number of aromatic nitrogens is 3. The Kier molecular flexibility index (Phi) is 5.46. The Balaban J connectivity index is 1.37. The summed E-state index contributed by atoms with van der Waals surface area (Å²) < 4.78 is 3.60. The van der Waals surface area contributed by atoms with Crippen LogP contribution in [0.25, 0.3) is 26.8 Å². The van der Waals surface area contributed by atoms with E-state index >= 15 is 0 Å². The van der Waals surface area contributed by atoms with Gasteiger partial charge in [-0.15, -0.1) is 11.3 Å². The molecule has 0 bridgehead atoms. The quantitative estimate of drug-likeness (QED) is 0.456. The number of fused-ring (bicyclic) bond motifs is 4. The first kappa shape index (κ1) is 20.9. The highest BCUT2D eigenvalue weighted by Gasteiger charge is 2.21. The van der Waals surface area contributed by atoms with E-state index in [9.17, 15) is 9.59 Å². The molecule has 7 heteroatoms. The van der Waals surface area contributed by atoms with Crippen molar-refractivity contribution in [3.63, 3.8) is 0 Å². The van der Waals surface area contributed by atoms with Gasteiger partial charge in [-0.2, -0.15) is 0 Å². The van der Waals surface area contributed by atoms with Crippen molar-refractivity contribution in [1.82, 2.24) is 19.0 Å². The highest BCUT2D eigenvalue weighted by atomic mass is 32.1. The molecule has 0 spiro atoms. The van der Waals surface area contributed by atoms with Crippen LogP contribution in [0.15, 0.2) is 40.1 Å². The number of benzene rings is 1. The maximum absolute atomic E-state index is 13.6. The summed E-state index contributed by atoms with van der Waals surface area (Å²) in [6.07, 6.45) is 11.5. The van der Waals surface area contributed by atoms with Crippen molar-refractivity contribution in [3.05, 3.63) is 61.7 Å². The number of hydrogen-bond acceptors (Lipinski definition) is 4. The van der Waals surface area contributed by atoms with Gasteiger partial charge in [-0.05, 0) is 81.4 Å². The van der Waals surface area contributed by atoms with Gasteiger partial charge in [-0.25, -0.2) is 9.36 Å². The first-order chi connectivity index (χ1) is 16.2. The van der Waals surface area contributed by atoms with Crippen LogP contribution < -0.4 is 11.2 Å². The third-order valence-electron chi connectivity index (χ3n) is 7.38. The average molecular weight is 463 g/mol. The number of H-pyrrole nitrogens is 1. The SMILES string of the molecule is O=c1[nH]c2sc3c(c2c(=O)n1-c1ccc2c(ccn2CCN2CCCCC2)c1)CCCCC3. The van der Waals surface area contributed by atoms with Gasteiger partial charge in [0.15, 0.2) is 0 Å². The lowest BCUT2D eigenvalue weighted by atomic mass is 10.1. The molecule has 1 aromatic carbocycles. The Morgan fingerprint density at radius 1 is 0.909 bits per heavy atom. The monoisotopic (exact) mass is 462 g/mol. The van der Waals surface area contributed by atoms with Crippen LogP contribution in [0.4, 0.5) is 0 Å². The average Bonchev–Trinajstić information content (AvgIpc) is 3.31. The van der Waals surface area contributed by atoms with Crippen molar-refractivity contribution in [2.24, 2.45) is 0 Å². The van der Waals surface area contributed by atoms with Gasteiger partial charge in [-0.3, -0.25) is 9.78 Å². The lowest BCUT2D eigenvalue weighted by molar-refractivity contribution is 0.221. The van der Waals surface area contributed by atoms with Gasteiger partial charge >= 0.3 is 5.69 Å². The number of aromatic amines is 1. The van der Waals surface area contributed by atoms with E-state index in [0.29, 0.717) is 5.69 Å². The smallest absolute Gasteiger partial charge is 0.334 e. The molecule has 0 atom stereocenters. The predicted molar refractivity (Wildman–Crippen MR) is 135 cm³/mol. The third kappa shape index (κ3) is 3.77. The van der Waals surface area contributed by atoms with Gasteiger partial charge in [0, 0.05) is 35.1 Å². The fraction of sp³-hybridized carbons (Fsp3) is 0.462. The molecule has 6 rings (SSSR count). The number of nitrogens with zero attached hydrogens (tertiary/aromatic N) is 3. The molecule has 33 heavy (non-hydrogen) atoms. The molecule has 1 N–H and O–H groups in total. The molecule has 0 saturated carbocycles. The second-order valence-corrected chi connectivity index (χ2v) is 10.6. The van der Waals surface area contributed by atoms with Crippen LogP contribution in [0.1, 0.15) is 49.0 Å². The van der Waals surface area contributed by atoms with Crippen molar-refractivity contribution in [3.8, 4) is 5.69 Å². The van der Waals surface area contributed by atoms with E-state index in [1.165, 1.54) is 48.2 Å². The van der Waals surface area contributed by atoms with Gasteiger partial charge in [0.05, 0.1) is 11.1 Å². The molecule has 4 heterocycles. The standard InChI is InChI=1S/C26H30N4O2S/c31-25-23-20-7-3-1-4-8-22(20)33-24(23)27-26(32)30(25)19-9-10-21-18(17-19)11-14-29(21)16-15-28-12-5-2-6-13-28/h9-11,14,17H,1-8,12-13,15-16H2,(H,27,32). The zero-order valence-electron chi connectivity index (χ0n) is 18.9. The summed E-state index contributed by atoms with van der Waals surface area (Å²) in [4.78, 5) is 34.1. The molecule has 1 fully saturated rings. The first-order valence-electron chi connectivity index (χ1n) is 12.3. The van der Waals surface area contributed by atoms with Crippen LogP contribution in [0, 0.1) is 0 Å². The number of rotatable bonds is 4. The number of hydrogen-bond donors (Lipinski definition) is 1. The maximum Gasteiger partial charge on any atom is 0.334 e. The first-order valence-corrected chi connectivity index (χ1v) is 13.1. The van der Waals surface area contributed by atoms with Crippen molar-refractivity contribution < 1.29 is 0 Å². The molecule has 2 aliphatic rings. The van der Waals surface area contributed by atoms with Crippen LogP contribution in [-0.4, -0.2) is 38.7 Å². The minimum Gasteiger partial charge on any atom is -0.346 e. The fourth-order valence-electron chi connectivity index (χ4n) is 5.60. The number of nitrogens with one attached hydrogen (secondary N) is 1. The van der Waals surface area contributed by atoms with Gasteiger partial charge in [0.25, 0.3) is 5.56 Å². The van der Waals surface area contributed by atoms with Crippen LogP contribution >= 0.6 is 11.3 Å².